The SMILES string of the molecule is CC(=O)Nc1ccc(NC(=O)CSc2ncc(-c3ccccc3)n2-c2ccccc2)cc1. The number of rotatable bonds is 7. The standard InChI is InChI=1S/C25H22N4O2S/c1-18(30)27-20-12-14-21(15-13-20)28-24(31)17-32-25-26-16-23(19-8-4-2-5-9-19)29(25)22-10-6-3-7-11-22/h2-16H,17H2,1H3,(H,27,30)(H,28,31). The molecule has 2 amide bonds. The van der Waals surface area contributed by atoms with Crippen molar-refractivity contribution in [1.29, 1.82) is 0 Å². The molecule has 0 aliphatic carbocycles. The second-order valence-electron chi connectivity index (χ2n) is 7.06. The fourth-order valence-corrected chi connectivity index (χ4v) is 4.04. The summed E-state index contributed by atoms with van der Waals surface area (Å²) in [6.45, 7) is 1.45. The van der Waals surface area contributed by atoms with Gasteiger partial charge in [-0.05, 0) is 36.4 Å². The Balaban J connectivity index is 1.49. The third-order valence-electron chi connectivity index (χ3n) is 4.63. The first-order valence-electron chi connectivity index (χ1n) is 10.1. The normalized spacial score (nSPS) is 10.5. The number of carbonyl (C=O) groups is 2. The molecule has 0 atom stereocenters. The molecule has 160 valence electrons. The van der Waals surface area contributed by atoms with Gasteiger partial charge in [0.1, 0.15) is 0 Å². The Morgan fingerprint density at radius 3 is 2.06 bits per heavy atom. The highest BCUT2D eigenvalue weighted by molar-refractivity contribution is 7.99. The van der Waals surface area contributed by atoms with Gasteiger partial charge in [0.2, 0.25) is 11.8 Å². The first kappa shape index (κ1) is 21.4. The van der Waals surface area contributed by atoms with E-state index in [0.717, 1.165) is 22.1 Å². The molecular formula is C25H22N4O2S. The molecule has 32 heavy (non-hydrogen) atoms. The minimum atomic E-state index is -0.137. The Bertz CT molecular complexity index is 1210. The van der Waals surface area contributed by atoms with Gasteiger partial charge in [0.15, 0.2) is 5.16 Å². The number of nitrogens with zero attached hydrogens (tertiary/aromatic N) is 2. The molecule has 0 aliphatic heterocycles. The van der Waals surface area contributed by atoms with Crippen LogP contribution in [0.15, 0.2) is 96.3 Å². The zero-order valence-corrected chi connectivity index (χ0v) is 18.3. The van der Waals surface area contributed by atoms with E-state index in [4.69, 9.17) is 0 Å². The highest BCUT2D eigenvalue weighted by Crippen LogP contribution is 2.29. The van der Waals surface area contributed by atoms with Crippen LogP contribution in [0.4, 0.5) is 11.4 Å². The predicted octanol–water partition coefficient (Wildman–Crippen LogP) is 5.23. The van der Waals surface area contributed by atoms with Crippen molar-refractivity contribution in [1.82, 2.24) is 9.55 Å². The molecule has 1 heterocycles. The van der Waals surface area contributed by atoms with Crippen molar-refractivity contribution in [2.45, 2.75) is 12.1 Å². The lowest BCUT2D eigenvalue weighted by Crippen LogP contribution is -2.14. The molecule has 1 aromatic heterocycles. The molecule has 2 N–H and O–H groups in total. The van der Waals surface area contributed by atoms with Crippen molar-refractivity contribution in [3.05, 3.63) is 91.1 Å². The number of aromatic nitrogens is 2. The second kappa shape index (κ2) is 9.98. The average Bonchev–Trinajstić information content (AvgIpc) is 3.24. The lowest BCUT2D eigenvalue weighted by Gasteiger charge is -2.12. The second-order valence-corrected chi connectivity index (χ2v) is 8.00. The average molecular weight is 443 g/mol. The zero-order valence-electron chi connectivity index (χ0n) is 17.5. The van der Waals surface area contributed by atoms with Gasteiger partial charge in [0.05, 0.1) is 17.6 Å². The monoisotopic (exact) mass is 442 g/mol. The number of amides is 2. The van der Waals surface area contributed by atoms with Crippen LogP contribution in [0.1, 0.15) is 6.92 Å². The van der Waals surface area contributed by atoms with Crippen LogP contribution in [0, 0.1) is 0 Å². The molecule has 0 aliphatic rings. The number of benzene rings is 3. The van der Waals surface area contributed by atoms with Gasteiger partial charge in [-0.25, -0.2) is 4.98 Å². The van der Waals surface area contributed by atoms with E-state index in [-0.39, 0.29) is 17.6 Å². The maximum atomic E-state index is 12.5. The molecule has 7 heteroatoms. The van der Waals surface area contributed by atoms with Gasteiger partial charge < -0.3 is 10.6 Å². The summed E-state index contributed by atoms with van der Waals surface area (Å²) in [5.74, 6) is -0.0564. The lowest BCUT2D eigenvalue weighted by atomic mass is 10.1. The minimum Gasteiger partial charge on any atom is -0.326 e. The molecule has 6 nitrogen and oxygen atoms in total. The summed E-state index contributed by atoms with van der Waals surface area (Å²) in [5.41, 5.74) is 4.36. The molecular weight excluding hydrogens is 420 g/mol. The van der Waals surface area contributed by atoms with Crippen LogP contribution in [0.2, 0.25) is 0 Å². The summed E-state index contributed by atoms with van der Waals surface area (Å²) in [5, 5.41) is 6.33. The molecule has 4 rings (SSSR count). The number of anilines is 2. The molecule has 0 saturated carbocycles. The van der Waals surface area contributed by atoms with Crippen molar-refractivity contribution in [2.24, 2.45) is 0 Å². The van der Waals surface area contributed by atoms with Crippen molar-refractivity contribution >= 4 is 35.0 Å². The number of carbonyl (C=O) groups excluding carboxylic acids is 2. The van der Waals surface area contributed by atoms with E-state index >= 15 is 0 Å². The van der Waals surface area contributed by atoms with Gasteiger partial charge >= 0.3 is 0 Å². The number of hydrogen-bond donors (Lipinski definition) is 2. The van der Waals surface area contributed by atoms with E-state index < -0.39 is 0 Å². The van der Waals surface area contributed by atoms with Crippen molar-refractivity contribution in [3.8, 4) is 16.9 Å². The third kappa shape index (κ3) is 5.25. The number of hydrogen-bond acceptors (Lipinski definition) is 4. The minimum absolute atomic E-state index is 0.133. The Morgan fingerprint density at radius 2 is 1.44 bits per heavy atom. The molecule has 0 saturated heterocycles. The smallest absolute Gasteiger partial charge is 0.234 e. The number of nitrogens with one attached hydrogen (secondary N) is 2. The van der Waals surface area contributed by atoms with Gasteiger partial charge in [-0.1, -0.05) is 60.3 Å². The maximum Gasteiger partial charge on any atom is 0.234 e. The summed E-state index contributed by atoms with van der Waals surface area (Å²) in [7, 11) is 0. The van der Waals surface area contributed by atoms with Crippen LogP contribution in [0.3, 0.4) is 0 Å². The summed E-state index contributed by atoms with van der Waals surface area (Å²) in [6.07, 6.45) is 1.84. The lowest BCUT2D eigenvalue weighted by molar-refractivity contribution is -0.114. The summed E-state index contributed by atoms with van der Waals surface area (Å²) in [6, 6.07) is 27.1. The van der Waals surface area contributed by atoms with E-state index in [0.29, 0.717) is 11.4 Å². The number of para-hydroxylation sites is 1. The molecule has 0 fully saturated rings. The van der Waals surface area contributed by atoms with E-state index in [1.54, 1.807) is 24.3 Å². The van der Waals surface area contributed by atoms with E-state index in [1.165, 1.54) is 18.7 Å². The Labute approximate surface area is 190 Å². The largest absolute Gasteiger partial charge is 0.326 e. The van der Waals surface area contributed by atoms with Gasteiger partial charge in [0, 0.05) is 29.5 Å². The molecule has 4 aromatic rings. The first-order valence-corrected chi connectivity index (χ1v) is 11.1. The molecule has 3 aromatic carbocycles. The van der Waals surface area contributed by atoms with Crippen molar-refractivity contribution < 1.29 is 9.59 Å². The van der Waals surface area contributed by atoms with E-state index in [2.05, 4.69) is 20.2 Å². The topological polar surface area (TPSA) is 76.0 Å². The number of imidazole rings is 1. The summed E-state index contributed by atoms with van der Waals surface area (Å²) >= 11 is 1.38. The first-order chi connectivity index (χ1) is 15.6. The quantitative estimate of drug-likeness (QED) is 0.384. The van der Waals surface area contributed by atoms with Crippen molar-refractivity contribution in [2.75, 3.05) is 16.4 Å². The summed E-state index contributed by atoms with van der Waals surface area (Å²) in [4.78, 5) is 28.3. The van der Waals surface area contributed by atoms with Crippen LogP contribution in [-0.2, 0) is 9.59 Å². The van der Waals surface area contributed by atoms with Crippen LogP contribution in [-0.4, -0.2) is 27.1 Å². The summed E-state index contributed by atoms with van der Waals surface area (Å²) < 4.78 is 2.06. The van der Waals surface area contributed by atoms with Gasteiger partial charge in [-0.2, -0.15) is 0 Å². The Kier molecular flexibility index (Phi) is 6.67. The highest BCUT2D eigenvalue weighted by Gasteiger charge is 2.15. The molecule has 0 radical (unpaired) electrons. The molecule has 0 bridgehead atoms. The number of thioether (sulfide) groups is 1. The predicted molar refractivity (Wildman–Crippen MR) is 129 cm³/mol. The Morgan fingerprint density at radius 1 is 0.844 bits per heavy atom. The zero-order chi connectivity index (χ0) is 22.3. The van der Waals surface area contributed by atoms with Gasteiger partial charge in [-0.15, -0.1) is 0 Å². The van der Waals surface area contributed by atoms with Gasteiger partial charge in [0.25, 0.3) is 0 Å². The van der Waals surface area contributed by atoms with Crippen molar-refractivity contribution in [3.63, 3.8) is 0 Å². The van der Waals surface area contributed by atoms with Crippen LogP contribution < -0.4 is 10.6 Å². The molecule has 0 spiro atoms. The van der Waals surface area contributed by atoms with Crippen LogP contribution in [0.5, 0.6) is 0 Å². The van der Waals surface area contributed by atoms with E-state index in [1.807, 2.05) is 66.9 Å². The van der Waals surface area contributed by atoms with Crippen LogP contribution in [0.25, 0.3) is 16.9 Å². The van der Waals surface area contributed by atoms with Gasteiger partial charge in [-0.3, -0.25) is 14.2 Å². The Hall–Kier alpha value is -3.84. The fraction of sp³-hybridized carbons (Fsp3) is 0.0800. The molecule has 0 unspecified atom stereocenters. The highest BCUT2D eigenvalue weighted by atomic mass is 32.2. The third-order valence-corrected chi connectivity index (χ3v) is 5.59. The van der Waals surface area contributed by atoms with E-state index in [9.17, 15) is 9.59 Å². The van der Waals surface area contributed by atoms with Crippen LogP contribution >= 0.6 is 11.8 Å². The maximum absolute atomic E-state index is 12.5. The fourth-order valence-electron chi connectivity index (χ4n) is 3.24.